The molecule has 0 aliphatic rings. The van der Waals surface area contributed by atoms with Gasteiger partial charge in [-0.15, -0.1) is 0 Å². The Bertz CT molecular complexity index is 1760. The van der Waals surface area contributed by atoms with Crippen molar-refractivity contribution in [2.75, 3.05) is 39.6 Å². The summed E-state index contributed by atoms with van der Waals surface area (Å²) in [5.41, 5.74) is 0. The van der Waals surface area contributed by atoms with E-state index in [2.05, 4.69) is 34.6 Å². The lowest BCUT2D eigenvalue weighted by Gasteiger charge is -2.21. The van der Waals surface area contributed by atoms with Crippen LogP contribution in [-0.2, 0) is 65.4 Å². The first-order chi connectivity index (χ1) is 44.1. The van der Waals surface area contributed by atoms with Gasteiger partial charge in [-0.3, -0.25) is 37.3 Å². The monoisotopic (exact) mass is 1340 g/mol. The van der Waals surface area contributed by atoms with Crippen LogP contribution in [0.1, 0.15) is 375 Å². The van der Waals surface area contributed by atoms with E-state index < -0.39 is 97.5 Å². The van der Waals surface area contributed by atoms with Crippen LogP contribution >= 0.6 is 15.6 Å². The molecule has 3 N–H and O–H groups in total. The summed E-state index contributed by atoms with van der Waals surface area (Å²) in [6.07, 6.45) is 52.8. The summed E-state index contributed by atoms with van der Waals surface area (Å²) in [4.78, 5) is 72.5. The van der Waals surface area contributed by atoms with Crippen LogP contribution in [0.4, 0.5) is 0 Å². The van der Waals surface area contributed by atoms with E-state index >= 15 is 0 Å². The fraction of sp³-hybridized carbons (Fsp3) is 0.944. The van der Waals surface area contributed by atoms with Crippen LogP contribution in [0, 0.1) is 5.92 Å². The number of carbonyl (C=O) groups excluding carboxylic acids is 4. The molecule has 0 aromatic heterocycles. The highest BCUT2D eigenvalue weighted by Crippen LogP contribution is 2.45. The molecule has 0 heterocycles. The summed E-state index contributed by atoms with van der Waals surface area (Å²) in [5.74, 6) is -1.28. The third kappa shape index (κ3) is 65.1. The van der Waals surface area contributed by atoms with Gasteiger partial charge in [-0.25, -0.2) is 9.13 Å². The molecule has 0 radical (unpaired) electrons. The lowest BCUT2D eigenvalue weighted by atomic mass is 9.99. The number of unbranched alkanes of at least 4 members (excludes halogenated alkanes) is 43. The predicted octanol–water partition coefficient (Wildman–Crippen LogP) is 20.9. The summed E-state index contributed by atoms with van der Waals surface area (Å²) < 4.78 is 68.2. The zero-order chi connectivity index (χ0) is 67.0. The molecule has 17 nitrogen and oxygen atoms in total. The Morgan fingerprint density at radius 3 is 0.780 bits per heavy atom. The zero-order valence-corrected chi connectivity index (χ0v) is 60.8. The van der Waals surface area contributed by atoms with E-state index in [1.54, 1.807) is 0 Å². The molecular weight excluding hydrogens is 1200 g/mol. The van der Waals surface area contributed by atoms with Crippen LogP contribution in [0.3, 0.4) is 0 Å². The van der Waals surface area contributed by atoms with Crippen LogP contribution in [0.2, 0.25) is 0 Å². The summed E-state index contributed by atoms with van der Waals surface area (Å²) in [5, 5.41) is 10.6. The van der Waals surface area contributed by atoms with E-state index in [-0.39, 0.29) is 25.7 Å². The summed E-state index contributed by atoms with van der Waals surface area (Å²) in [7, 11) is -9.89. The number of rotatable bonds is 72. The molecule has 0 bridgehead atoms. The van der Waals surface area contributed by atoms with E-state index in [4.69, 9.17) is 37.0 Å². The minimum atomic E-state index is -4.95. The van der Waals surface area contributed by atoms with Crippen molar-refractivity contribution in [1.29, 1.82) is 0 Å². The van der Waals surface area contributed by atoms with Gasteiger partial charge >= 0.3 is 39.5 Å². The van der Waals surface area contributed by atoms with Crippen molar-refractivity contribution in [3.8, 4) is 0 Å². The molecule has 0 amide bonds. The Labute approximate surface area is 556 Å². The van der Waals surface area contributed by atoms with Crippen molar-refractivity contribution in [3.63, 3.8) is 0 Å². The molecule has 0 spiro atoms. The highest BCUT2D eigenvalue weighted by Gasteiger charge is 2.30. The van der Waals surface area contributed by atoms with Gasteiger partial charge in [-0.05, 0) is 31.6 Å². The van der Waals surface area contributed by atoms with Gasteiger partial charge in [0.15, 0.2) is 12.2 Å². The summed E-state index contributed by atoms with van der Waals surface area (Å²) >= 11 is 0. The molecule has 0 saturated heterocycles. The fourth-order valence-electron chi connectivity index (χ4n) is 11.0. The molecule has 6 atom stereocenters. The SMILES string of the molecule is CCCCCCCCCCCCCCCCCCC(=O)OC[C@H](COP(=O)(O)OC[C@@H](O)COP(=O)(O)OC[C@@H](COC(=O)CCCCCCCCC)OC(=O)CCCCCCCCCCCC)OC(=O)CCCCCCCCCCCCCCCCC(C)CC. The minimum absolute atomic E-state index is 0.106. The number of phosphoric ester groups is 2. The number of hydrogen-bond acceptors (Lipinski definition) is 15. The number of carbonyl (C=O) groups is 4. The smallest absolute Gasteiger partial charge is 0.462 e. The van der Waals surface area contributed by atoms with E-state index in [1.807, 2.05) is 0 Å². The molecule has 0 fully saturated rings. The number of aliphatic hydroxyl groups excluding tert-OH is 1. The van der Waals surface area contributed by atoms with Crippen LogP contribution in [0.5, 0.6) is 0 Å². The van der Waals surface area contributed by atoms with Crippen LogP contribution < -0.4 is 0 Å². The molecule has 0 saturated carbocycles. The molecule has 3 unspecified atom stereocenters. The number of phosphoric acid groups is 2. The lowest BCUT2D eigenvalue weighted by molar-refractivity contribution is -0.161. The van der Waals surface area contributed by atoms with Crippen molar-refractivity contribution in [2.45, 2.75) is 393 Å². The summed E-state index contributed by atoms with van der Waals surface area (Å²) in [6.45, 7) is 7.27. The molecule has 19 heteroatoms. The molecule has 540 valence electrons. The maximum atomic E-state index is 13.0. The second kappa shape index (κ2) is 65.4. The van der Waals surface area contributed by atoms with Gasteiger partial charge in [0, 0.05) is 25.7 Å². The molecular formula is C72H140O17P2. The highest BCUT2D eigenvalue weighted by molar-refractivity contribution is 7.47. The van der Waals surface area contributed by atoms with Gasteiger partial charge in [0.25, 0.3) is 0 Å². The van der Waals surface area contributed by atoms with Crippen molar-refractivity contribution < 1.29 is 80.2 Å². The van der Waals surface area contributed by atoms with Gasteiger partial charge < -0.3 is 33.8 Å². The maximum Gasteiger partial charge on any atom is 0.472 e. The molecule has 0 rings (SSSR count). The Morgan fingerprint density at radius 2 is 0.527 bits per heavy atom. The first-order valence-electron chi connectivity index (χ1n) is 37.7. The van der Waals surface area contributed by atoms with E-state index in [9.17, 15) is 43.2 Å². The van der Waals surface area contributed by atoms with Gasteiger partial charge in [-0.2, -0.15) is 0 Å². The van der Waals surface area contributed by atoms with E-state index in [1.165, 1.54) is 186 Å². The van der Waals surface area contributed by atoms with Gasteiger partial charge in [-0.1, -0.05) is 324 Å². The van der Waals surface area contributed by atoms with Crippen LogP contribution in [-0.4, -0.2) is 96.7 Å². The van der Waals surface area contributed by atoms with Gasteiger partial charge in [0.1, 0.15) is 19.3 Å². The van der Waals surface area contributed by atoms with Gasteiger partial charge in [0.05, 0.1) is 26.4 Å². The Balaban J connectivity index is 5.18. The largest absolute Gasteiger partial charge is 0.472 e. The second-order valence-electron chi connectivity index (χ2n) is 26.2. The molecule has 0 aromatic rings. The normalized spacial score (nSPS) is 14.3. The first kappa shape index (κ1) is 89.1. The summed E-state index contributed by atoms with van der Waals surface area (Å²) in [6, 6.07) is 0. The highest BCUT2D eigenvalue weighted by atomic mass is 31.2. The topological polar surface area (TPSA) is 237 Å². The molecule has 0 aliphatic carbocycles. The number of ether oxygens (including phenoxy) is 4. The number of hydrogen-bond donors (Lipinski definition) is 3. The molecule has 91 heavy (non-hydrogen) atoms. The van der Waals surface area contributed by atoms with Crippen molar-refractivity contribution in [1.82, 2.24) is 0 Å². The average molecular weight is 1340 g/mol. The van der Waals surface area contributed by atoms with Crippen LogP contribution in [0.15, 0.2) is 0 Å². The molecule has 0 aromatic carbocycles. The minimum Gasteiger partial charge on any atom is -0.462 e. The second-order valence-corrected chi connectivity index (χ2v) is 29.1. The van der Waals surface area contributed by atoms with Crippen molar-refractivity contribution in [2.24, 2.45) is 5.92 Å². The standard InChI is InChI=1S/C72H140O17P2/c1-6-10-13-16-19-21-23-24-25-26-30-33-37-41-46-51-56-70(75)83-62-68(89-72(77)58-53-48-43-38-34-31-28-27-29-32-35-40-44-49-54-65(5)9-4)64-87-91(80,81)85-60-66(73)59-84-90(78,79)86-63-67(61-82-69(74)55-50-45-39-18-15-12-8-3)88-71(76)57-52-47-42-36-22-20-17-14-11-7-2/h65-68,73H,6-64H2,1-5H3,(H,78,79)(H,80,81)/t65?,66-,67+,68+/m0/s1. The first-order valence-corrected chi connectivity index (χ1v) is 40.7. The Hall–Kier alpha value is -1.94. The van der Waals surface area contributed by atoms with Crippen LogP contribution in [0.25, 0.3) is 0 Å². The van der Waals surface area contributed by atoms with Crippen molar-refractivity contribution >= 4 is 39.5 Å². The number of esters is 4. The molecule has 0 aliphatic heterocycles. The predicted molar refractivity (Wildman–Crippen MR) is 368 cm³/mol. The van der Waals surface area contributed by atoms with E-state index in [0.717, 1.165) is 109 Å². The van der Waals surface area contributed by atoms with Crippen molar-refractivity contribution in [3.05, 3.63) is 0 Å². The quantitative estimate of drug-likeness (QED) is 0.0222. The zero-order valence-electron chi connectivity index (χ0n) is 59.0. The Morgan fingerprint density at radius 1 is 0.308 bits per heavy atom. The van der Waals surface area contributed by atoms with E-state index in [0.29, 0.717) is 25.7 Å². The third-order valence-electron chi connectivity index (χ3n) is 17.1. The Kier molecular flexibility index (Phi) is 64.0. The van der Waals surface area contributed by atoms with Gasteiger partial charge in [0.2, 0.25) is 0 Å². The fourth-order valence-corrected chi connectivity index (χ4v) is 12.5. The maximum absolute atomic E-state index is 13.0. The lowest BCUT2D eigenvalue weighted by Crippen LogP contribution is -2.30. The third-order valence-corrected chi connectivity index (χ3v) is 19.0. The number of aliphatic hydroxyl groups is 1. The average Bonchev–Trinajstić information content (AvgIpc) is 3.72.